The molecule has 0 aliphatic carbocycles. The third kappa shape index (κ3) is 10.3. The Bertz CT molecular complexity index is 714. The fraction of sp³-hybridized carbons (Fsp3) is 0.500. The molecular weight excluding hydrogens is 448 g/mol. The molecule has 10 heteroatoms. The largest absolute Gasteiger partial charge is 0.508 e. The zero-order chi connectivity index (χ0) is 23.8. The van der Waals surface area contributed by atoms with Crippen LogP contribution in [-0.4, -0.2) is 89.5 Å². The molecule has 0 radical (unpaired) electrons. The highest BCUT2D eigenvalue weighted by molar-refractivity contribution is 5.42. The standard InChI is InChI=1S/C24H32O10/c25-19-13-21-17-23(15-19)33-11-7-29-3-4-30-8-12-34-24-16-20(26)14-22(18-24)32-10-6-28-2-1-27-5-9-31-21/h13-18,25-26H,1-12H2. The summed E-state index contributed by atoms with van der Waals surface area (Å²) in [6, 6.07) is 9.45. The molecule has 0 saturated carbocycles. The van der Waals surface area contributed by atoms with Crippen LogP contribution >= 0.6 is 0 Å². The highest BCUT2D eigenvalue weighted by Gasteiger charge is 2.05. The minimum absolute atomic E-state index is 0.0510. The number of benzene rings is 2. The van der Waals surface area contributed by atoms with Gasteiger partial charge in [0.1, 0.15) is 60.9 Å². The van der Waals surface area contributed by atoms with Crippen LogP contribution in [0.25, 0.3) is 0 Å². The van der Waals surface area contributed by atoms with Gasteiger partial charge in [0.2, 0.25) is 0 Å². The van der Waals surface area contributed by atoms with Gasteiger partial charge >= 0.3 is 0 Å². The number of rotatable bonds is 0. The molecule has 0 aromatic heterocycles. The summed E-state index contributed by atoms with van der Waals surface area (Å²) in [5.74, 6) is 2.05. The van der Waals surface area contributed by atoms with Crippen LogP contribution in [0, 0.1) is 0 Å². The van der Waals surface area contributed by atoms with Crippen LogP contribution in [0.15, 0.2) is 36.4 Å². The van der Waals surface area contributed by atoms with Gasteiger partial charge in [-0.15, -0.1) is 0 Å². The normalized spacial score (nSPS) is 17.9. The van der Waals surface area contributed by atoms with Gasteiger partial charge in [-0.05, 0) is 0 Å². The molecule has 188 valence electrons. The second kappa shape index (κ2) is 15.1. The van der Waals surface area contributed by atoms with Gasteiger partial charge in [0.15, 0.2) is 0 Å². The molecule has 2 aromatic carbocycles. The molecule has 2 N–H and O–H groups in total. The summed E-state index contributed by atoms with van der Waals surface area (Å²) >= 11 is 0. The molecule has 4 bridgehead atoms. The van der Waals surface area contributed by atoms with E-state index in [0.717, 1.165) is 0 Å². The van der Waals surface area contributed by atoms with E-state index in [-0.39, 0.29) is 11.5 Å². The molecule has 0 fully saturated rings. The van der Waals surface area contributed by atoms with E-state index in [2.05, 4.69) is 0 Å². The van der Waals surface area contributed by atoms with Crippen molar-refractivity contribution in [1.82, 2.24) is 0 Å². The van der Waals surface area contributed by atoms with Crippen LogP contribution in [0.4, 0.5) is 0 Å². The van der Waals surface area contributed by atoms with Crippen molar-refractivity contribution in [3.63, 3.8) is 0 Å². The van der Waals surface area contributed by atoms with E-state index >= 15 is 0 Å². The summed E-state index contributed by atoms with van der Waals surface area (Å²) in [6.07, 6.45) is 0. The third-order valence-electron chi connectivity index (χ3n) is 4.46. The van der Waals surface area contributed by atoms with E-state index in [1.54, 1.807) is 12.1 Å². The smallest absolute Gasteiger partial charge is 0.126 e. The Morgan fingerprint density at radius 3 is 0.853 bits per heavy atom. The van der Waals surface area contributed by atoms with Crippen molar-refractivity contribution in [2.24, 2.45) is 0 Å². The first kappa shape index (κ1) is 25.7. The highest BCUT2D eigenvalue weighted by atomic mass is 16.6. The maximum absolute atomic E-state index is 9.87. The summed E-state index contributed by atoms with van der Waals surface area (Å²) in [6.45, 7) is 4.37. The molecule has 0 spiro atoms. The summed E-state index contributed by atoms with van der Waals surface area (Å²) in [7, 11) is 0. The Hall–Kier alpha value is -2.92. The van der Waals surface area contributed by atoms with Gasteiger partial charge in [-0.2, -0.15) is 0 Å². The Labute approximate surface area is 198 Å². The molecule has 0 unspecified atom stereocenters. The van der Waals surface area contributed by atoms with Crippen LogP contribution in [0.2, 0.25) is 0 Å². The monoisotopic (exact) mass is 480 g/mol. The zero-order valence-corrected chi connectivity index (χ0v) is 19.1. The Morgan fingerprint density at radius 1 is 0.353 bits per heavy atom. The van der Waals surface area contributed by atoms with Gasteiger partial charge in [-0.3, -0.25) is 0 Å². The molecule has 0 atom stereocenters. The maximum Gasteiger partial charge on any atom is 0.126 e. The lowest BCUT2D eigenvalue weighted by Crippen LogP contribution is -2.14. The average Bonchev–Trinajstić information content (AvgIpc) is 2.80. The quantitative estimate of drug-likeness (QED) is 0.583. The topological polar surface area (TPSA) is 114 Å². The van der Waals surface area contributed by atoms with Gasteiger partial charge in [-0.1, -0.05) is 0 Å². The van der Waals surface area contributed by atoms with Crippen molar-refractivity contribution in [2.45, 2.75) is 0 Å². The van der Waals surface area contributed by atoms with E-state index in [0.29, 0.717) is 102 Å². The minimum Gasteiger partial charge on any atom is -0.508 e. The minimum atomic E-state index is 0.0510. The molecule has 10 nitrogen and oxygen atoms in total. The van der Waals surface area contributed by atoms with Crippen LogP contribution in [0.5, 0.6) is 34.5 Å². The maximum atomic E-state index is 9.87. The number of hydrogen-bond donors (Lipinski definition) is 2. The number of ether oxygens (including phenoxy) is 8. The Balaban J connectivity index is 1.46. The van der Waals surface area contributed by atoms with Gasteiger partial charge < -0.3 is 48.1 Å². The van der Waals surface area contributed by atoms with Crippen molar-refractivity contribution in [3.8, 4) is 34.5 Å². The van der Waals surface area contributed by atoms with Crippen molar-refractivity contribution < 1.29 is 48.1 Å². The van der Waals surface area contributed by atoms with Gasteiger partial charge in [-0.25, -0.2) is 0 Å². The Morgan fingerprint density at radius 2 is 0.588 bits per heavy atom. The summed E-state index contributed by atoms with van der Waals surface area (Å²) in [4.78, 5) is 0. The first-order chi connectivity index (χ1) is 16.7. The summed E-state index contributed by atoms with van der Waals surface area (Å²) in [5, 5.41) is 19.7. The SMILES string of the molecule is Oc1cc2cc(c1)OCCOCCOCCOc1cc(O)cc(c1)OCCOCCOCCO2. The third-order valence-corrected chi connectivity index (χ3v) is 4.46. The van der Waals surface area contributed by atoms with Crippen molar-refractivity contribution in [1.29, 1.82) is 0 Å². The first-order valence-electron chi connectivity index (χ1n) is 11.2. The number of phenolic OH excluding ortho intramolecular Hbond substituents is 2. The van der Waals surface area contributed by atoms with Crippen molar-refractivity contribution in [3.05, 3.63) is 36.4 Å². The van der Waals surface area contributed by atoms with E-state index < -0.39 is 0 Å². The molecule has 0 amide bonds. The Kier molecular flexibility index (Phi) is 11.4. The van der Waals surface area contributed by atoms with Crippen LogP contribution in [0.1, 0.15) is 0 Å². The fourth-order valence-electron chi connectivity index (χ4n) is 2.96. The lowest BCUT2D eigenvalue weighted by atomic mass is 10.3. The van der Waals surface area contributed by atoms with Gasteiger partial charge in [0.05, 0.1) is 52.9 Å². The van der Waals surface area contributed by atoms with Gasteiger partial charge in [0, 0.05) is 36.4 Å². The molecule has 1 aliphatic heterocycles. The molecule has 3 rings (SSSR count). The predicted octanol–water partition coefficient (Wildman–Crippen LogP) is 2.39. The lowest BCUT2D eigenvalue weighted by Gasteiger charge is -2.12. The van der Waals surface area contributed by atoms with E-state index in [4.69, 9.17) is 37.9 Å². The number of aromatic hydroxyl groups is 2. The summed E-state index contributed by atoms with van der Waals surface area (Å²) < 4.78 is 44.4. The highest BCUT2D eigenvalue weighted by Crippen LogP contribution is 2.27. The van der Waals surface area contributed by atoms with Crippen molar-refractivity contribution in [2.75, 3.05) is 79.3 Å². The number of phenols is 2. The van der Waals surface area contributed by atoms with E-state index in [9.17, 15) is 10.2 Å². The number of hydrogen-bond acceptors (Lipinski definition) is 10. The van der Waals surface area contributed by atoms with Crippen LogP contribution < -0.4 is 18.9 Å². The van der Waals surface area contributed by atoms with Crippen molar-refractivity contribution >= 4 is 0 Å². The molecule has 0 saturated heterocycles. The van der Waals surface area contributed by atoms with E-state index in [1.807, 2.05) is 0 Å². The second-order valence-electron chi connectivity index (χ2n) is 7.17. The molecule has 1 aliphatic rings. The van der Waals surface area contributed by atoms with Gasteiger partial charge in [0.25, 0.3) is 0 Å². The van der Waals surface area contributed by atoms with Crippen LogP contribution in [-0.2, 0) is 18.9 Å². The number of fused-ring (bicyclic) bond motifs is 4. The van der Waals surface area contributed by atoms with E-state index in [1.165, 1.54) is 24.3 Å². The molecule has 1 heterocycles. The molecule has 34 heavy (non-hydrogen) atoms. The van der Waals surface area contributed by atoms with Crippen LogP contribution in [0.3, 0.4) is 0 Å². The predicted molar refractivity (Wildman–Crippen MR) is 121 cm³/mol. The second-order valence-corrected chi connectivity index (χ2v) is 7.17. The fourth-order valence-corrected chi connectivity index (χ4v) is 2.96. The molecule has 2 aromatic rings. The zero-order valence-electron chi connectivity index (χ0n) is 19.1. The lowest BCUT2D eigenvalue weighted by molar-refractivity contribution is 0.0260. The average molecular weight is 481 g/mol. The summed E-state index contributed by atoms with van der Waals surface area (Å²) in [5.41, 5.74) is 0. The molecular formula is C24H32O10. The first-order valence-corrected chi connectivity index (χ1v) is 11.2.